The van der Waals surface area contributed by atoms with Crippen LogP contribution in [-0.2, 0) is 4.79 Å². The maximum absolute atomic E-state index is 13.3. The first-order valence-electron chi connectivity index (χ1n) is 4.69. The number of hydrogen-bond acceptors (Lipinski definition) is 3. The van der Waals surface area contributed by atoms with E-state index >= 15 is 0 Å². The van der Waals surface area contributed by atoms with Crippen molar-refractivity contribution in [3.8, 4) is 0 Å². The molecule has 1 aromatic rings. The number of carboxylic acids is 1. The summed E-state index contributed by atoms with van der Waals surface area (Å²) in [6.45, 7) is 0. The largest absolute Gasteiger partial charge is 0.481 e. The molecule has 0 radical (unpaired) electrons. The van der Waals surface area contributed by atoms with E-state index in [1.54, 1.807) is 0 Å². The Morgan fingerprint density at radius 3 is 2.50 bits per heavy atom. The highest BCUT2D eigenvalue weighted by atomic mass is 32.2. The van der Waals surface area contributed by atoms with Crippen molar-refractivity contribution >= 4 is 23.4 Å². The van der Waals surface area contributed by atoms with E-state index in [1.165, 1.54) is 12.1 Å². The molecule has 0 aliphatic carbocycles. The van der Waals surface area contributed by atoms with Gasteiger partial charge >= 0.3 is 12.1 Å². The second kappa shape index (κ2) is 5.47. The highest BCUT2D eigenvalue weighted by molar-refractivity contribution is 7.99. The van der Waals surface area contributed by atoms with E-state index < -0.39 is 29.6 Å². The number of alkyl halides is 3. The minimum absolute atomic E-state index is 0.0697. The van der Waals surface area contributed by atoms with Gasteiger partial charge in [-0.2, -0.15) is 13.2 Å². The Hall–Kier alpha value is -1.44. The smallest absolute Gasteiger partial charge is 0.403 e. The van der Waals surface area contributed by atoms with Gasteiger partial charge in [-0.25, -0.2) is 4.39 Å². The third-order valence-electron chi connectivity index (χ3n) is 2.05. The lowest BCUT2D eigenvalue weighted by molar-refractivity contribution is -0.188. The van der Waals surface area contributed by atoms with Crippen molar-refractivity contribution < 1.29 is 27.5 Å². The standard InChI is InChI=1S/C10H9F4NO2S/c11-7-3-5(15)1-2-8(7)18-4-6(9(16)17)10(12,13)14/h1-3,6H,4,15H2,(H,16,17). The van der Waals surface area contributed by atoms with Gasteiger partial charge in [-0.1, -0.05) is 0 Å². The van der Waals surface area contributed by atoms with E-state index in [4.69, 9.17) is 10.8 Å². The number of aliphatic carboxylic acids is 1. The Kier molecular flexibility index (Phi) is 4.44. The zero-order valence-corrected chi connectivity index (χ0v) is 9.69. The number of halogens is 4. The van der Waals surface area contributed by atoms with Crippen LogP contribution in [0.15, 0.2) is 23.1 Å². The molecule has 0 heterocycles. The molecule has 0 saturated heterocycles. The van der Waals surface area contributed by atoms with Crippen LogP contribution < -0.4 is 5.73 Å². The number of benzene rings is 1. The van der Waals surface area contributed by atoms with Gasteiger partial charge in [-0.05, 0) is 18.2 Å². The second-order valence-corrected chi connectivity index (χ2v) is 4.50. The second-order valence-electron chi connectivity index (χ2n) is 3.43. The van der Waals surface area contributed by atoms with Crippen molar-refractivity contribution in [1.29, 1.82) is 0 Å². The van der Waals surface area contributed by atoms with Gasteiger partial charge in [0.15, 0.2) is 5.92 Å². The summed E-state index contributed by atoms with van der Waals surface area (Å²) in [5, 5.41) is 8.45. The summed E-state index contributed by atoms with van der Waals surface area (Å²) in [5.41, 5.74) is 5.42. The molecule has 0 fully saturated rings. The number of carbonyl (C=O) groups is 1. The lowest BCUT2D eigenvalue weighted by atomic mass is 10.2. The van der Waals surface area contributed by atoms with Gasteiger partial charge in [0.2, 0.25) is 0 Å². The number of hydrogen-bond donors (Lipinski definition) is 2. The Labute approximate surface area is 104 Å². The van der Waals surface area contributed by atoms with Crippen molar-refractivity contribution in [3.05, 3.63) is 24.0 Å². The molecule has 0 bridgehead atoms. The van der Waals surface area contributed by atoms with Gasteiger partial charge in [0.25, 0.3) is 0 Å². The van der Waals surface area contributed by atoms with Crippen LogP contribution >= 0.6 is 11.8 Å². The molecular weight excluding hydrogens is 274 g/mol. The number of nitrogen functional groups attached to an aromatic ring is 1. The highest BCUT2D eigenvalue weighted by Gasteiger charge is 2.44. The molecule has 0 saturated carbocycles. The van der Waals surface area contributed by atoms with Crippen LogP contribution in [0.5, 0.6) is 0 Å². The Bertz CT molecular complexity index is 450. The quantitative estimate of drug-likeness (QED) is 0.506. The molecular formula is C10H9F4NO2S. The van der Waals surface area contributed by atoms with Gasteiger partial charge in [-0.15, -0.1) is 11.8 Å². The topological polar surface area (TPSA) is 63.3 Å². The zero-order valence-electron chi connectivity index (χ0n) is 8.87. The number of carboxylic acid groups (broad SMARTS) is 1. The van der Waals surface area contributed by atoms with Gasteiger partial charge in [0.05, 0.1) is 0 Å². The van der Waals surface area contributed by atoms with Crippen LogP contribution in [0.2, 0.25) is 0 Å². The van der Waals surface area contributed by atoms with Crippen LogP contribution in [-0.4, -0.2) is 23.0 Å². The average Bonchev–Trinajstić information content (AvgIpc) is 2.18. The van der Waals surface area contributed by atoms with E-state index in [2.05, 4.69) is 0 Å². The van der Waals surface area contributed by atoms with Crippen molar-refractivity contribution in [2.75, 3.05) is 11.5 Å². The van der Waals surface area contributed by atoms with E-state index in [0.717, 1.165) is 6.07 Å². The predicted molar refractivity (Wildman–Crippen MR) is 58.7 cm³/mol. The van der Waals surface area contributed by atoms with Crippen LogP contribution in [0.3, 0.4) is 0 Å². The number of thioether (sulfide) groups is 1. The van der Waals surface area contributed by atoms with Gasteiger partial charge in [0.1, 0.15) is 5.82 Å². The molecule has 0 aromatic heterocycles. The first kappa shape index (κ1) is 14.6. The molecule has 1 aromatic carbocycles. The predicted octanol–water partition coefficient (Wildman–Crippen LogP) is 2.76. The maximum Gasteiger partial charge on any atom is 0.403 e. The monoisotopic (exact) mass is 283 g/mol. The van der Waals surface area contributed by atoms with Gasteiger partial charge in [-0.3, -0.25) is 4.79 Å². The third-order valence-corrected chi connectivity index (χ3v) is 3.20. The first-order chi connectivity index (χ1) is 8.21. The van der Waals surface area contributed by atoms with E-state index in [-0.39, 0.29) is 10.6 Å². The van der Waals surface area contributed by atoms with Crippen molar-refractivity contribution in [3.63, 3.8) is 0 Å². The van der Waals surface area contributed by atoms with Gasteiger partial charge < -0.3 is 10.8 Å². The molecule has 0 amide bonds. The van der Waals surface area contributed by atoms with Crippen LogP contribution in [0, 0.1) is 11.7 Å². The average molecular weight is 283 g/mol. The van der Waals surface area contributed by atoms with Crippen LogP contribution in [0.25, 0.3) is 0 Å². The summed E-state index contributed by atoms with van der Waals surface area (Å²) in [6, 6.07) is 3.51. The molecule has 0 aliphatic heterocycles. The third kappa shape index (κ3) is 3.80. The summed E-state index contributed by atoms with van der Waals surface area (Å²) >= 11 is 0.488. The fraction of sp³-hybridized carbons (Fsp3) is 0.300. The van der Waals surface area contributed by atoms with E-state index in [9.17, 15) is 22.4 Å². The molecule has 1 unspecified atom stereocenters. The summed E-state index contributed by atoms with van der Waals surface area (Å²) < 4.78 is 50.3. The molecule has 3 nitrogen and oxygen atoms in total. The molecule has 0 spiro atoms. The van der Waals surface area contributed by atoms with E-state index in [1.807, 2.05) is 0 Å². The van der Waals surface area contributed by atoms with Crippen LogP contribution in [0.1, 0.15) is 0 Å². The summed E-state index contributed by atoms with van der Waals surface area (Å²) in [7, 11) is 0. The number of rotatable bonds is 4. The van der Waals surface area contributed by atoms with Gasteiger partial charge in [0, 0.05) is 16.3 Å². The molecule has 3 N–H and O–H groups in total. The number of nitrogens with two attached hydrogens (primary N) is 1. The first-order valence-corrected chi connectivity index (χ1v) is 5.67. The Balaban J connectivity index is 2.77. The van der Waals surface area contributed by atoms with Crippen molar-refractivity contribution in [1.82, 2.24) is 0 Å². The maximum atomic E-state index is 13.3. The fourth-order valence-electron chi connectivity index (χ4n) is 1.11. The van der Waals surface area contributed by atoms with Crippen molar-refractivity contribution in [2.24, 2.45) is 5.92 Å². The summed E-state index contributed by atoms with van der Waals surface area (Å²) in [5.74, 6) is -6.07. The SMILES string of the molecule is Nc1ccc(SCC(C(=O)O)C(F)(F)F)c(F)c1. The lowest BCUT2D eigenvalue weighted by Crippen LogP contribution is -2.32. The van der Waals surface area contributed by atoms with Crippen LogP contribution in [0.4, 0.5) is 23.2 Å². The lowest BCUT2D eigenvalue weighted by Gasteiger charge is -2.15. The zero-order chi connectivity index (χ0) is 13.9. The number of anilines is 1. The summed E-state index contributed by atoms with van der Waals surface area (Å²) in [4.78, 5) is 10.4. The fourth-order valence-corrected chi connectivity index (χ4v) is 2.15. The minimum atomic E-state index is -4.86. The molecule has 100 valence electrons. The highest BCUT2D eigenvalue weighted by Crippen LogP contribution is 2.33. The summed E-state index contributed by atoms with van der Waals surface area (Å²) in [6.07, 6.45) is -4.86. The Morgan fingerprint density at radius 1 is 1.44 bits per heavy atom. The molecule has 0 aliphatic rings. The van der Waals surface area contributed by atoms with Crippen molar-refractivity contribution in [2.45, 2.75) is 11.1 Å². The minimum Gasteiger partial charge on any atom is -0.481 e. The van der Waals surface area contributed by atoms with E-state index in [0.29, 0.717) is 11.8 Å². The Morgan fingerprint density at radius 2 is 2.06 bits per heavy atom. The molecule has 8 heteroatoms. The normalized spacial score (nSPS) is 13.3. The molecule has 1 rings (SSSR count). The molecule has 18 heavy (non-hydrogen) atoms. The molecule has 1 atom stereocenters.